The zero-order valence-corrected chi connectivity index (χ0v) is 20.5. The number of hydrogen-bond acceptors (Lipinski definition) is 8. The molecule has 1 amide bonds. The van der Waals surface area contributed by atoms with Crippen molar-refractivity contribution < 1.29 is 45.0 Å². The molecule has 0 radical (unpaired) electrons. The number of carbonyl (C=O) groups is 1. The third kappa shape index (κ3) is 5.23. The molecule has 0 saturated heterocycles. The Labute approximate surface area is 218 Å². The molecule has 38 heavy (non-hydrogen) atoms. The van der Waals surface area contributed by atoms with E-state index >= 15 is 4.39 Å². The SMILES string of the molecule is O=C(O)N(c1cscn1)S(=O)(=O)c1cc(Cl)c(Oc2cc(C(F)(F)F)c(F)cc2-c2ccnnc2)cc1F. The molecule has 1 N–H and O–H groups in total. The second kappa shape index (κ2) is 10.1. The quantitative estimate of drug-likeness (QED) is 0.262. The van der Waals surface area contributed by atoms with Crippen LogP contribution in [0.25, 0.3) is 11.1 Å². The number of nitrogens with zero attached hydrogens (tertiary/aromatic N) is 4. The molecule has 0 spiro atoms. The second-order valence-corrected chi connectivity index (χ2v) is 10.1. The molecular formula is C21H10ClF5N4O5S2. The summed E-state index contributed by atoms with van der Waals surface area (Å²) in [6.07, 6.45) is -4.84. The first-order valence-corrected chi connectivity index (χ1v) is 12.6. The predicted molar refractivity (Wildman–Crippen MR) is 124 cm³/mol. The highest BCUT2D eigenvalue weighted by Gasteiger charge is 2.37. The zero-order chi connectivity index (χ0) is 27.8. The molecule has 2 aromatic heterocycles. The number of aromatic nitrogens is 3. The number of sulfonamides is 1. The van der Waals surface area contributed by atoms with Crippen LogP contribution in [-0.4, -0.2) is 34.8 Å². The summed E-state index contributed by atoms with van der Waals surface area (Å²) in [5.74, 6) is -4.98. The molecule has 0 aliphatic carbocycles. The van der Waals surface area contributed by atoms with Crippen LogP contribution in [0, 0.1) is 11.6 Å². The molecule has 0 saturated carbocycles. The molecule has 9 nitrogen and oxygen atoms in total. The fourth-order valence-corrected chi connectivity index (χ4v) is 5.34. The Balaban J connectivity index is 1.82. The lowest BCUT2D eigenvalue weighted by Crippen LogP contribution is -2.36. The topological polar surface area (TPSA) is 123 Å². The Morgan fingerprint density at radius 3 is 2.39 bits per heavy atom. The summed E-state index contributed by atoms with van der Waals surface area (Å²) >= 11 is 6.95. The predicted octanol–water partition coefficient (Wildman–Crippen LogP) is 6.22. The van der Waals surface area contributed by atoms with Crippen LogP contribution in [0.3, 0.4) is 0 Å². The van der Waals surface area contributed by atoms with E-state index in [0.717, 1.165) is 28.4 Å². The Kier molecular flexibility index (Phi) is 7.22. The van der Waals surface area contributed by atoms with Crippen molar-refractivity contribution in [3.63, 3.8) is 0 Å². The van der Waals surface area contributed by atoms with E-state index in [-0.39, 0.29) is 15.4 Å². The third-order valence-corrected chi connectivity index (χ3v) is 7.36. The van der Waals surface area contributed by atoms with Crippen LogP contribution in [0.5, 0.6) is 11.5 Å². The summed E-state index contributed by atoms with van der Waals surface area (Å²) in [6, 6.07) is 3.08. The number of thiazole rings is 1. The molecule has 0 aliphatic heterocycles. The van der Waals surface area contributed by atoms with Crippen LogP contribution in [0.1, 0.15) is 5.56 Å². The first-order valence-electron chi connectivity index (χ1n) is 9.82. The maximum atomic E-state index is 15.0. The number of rotatable bonds is 6. The average molecular weight is 593 g/mol. The van der Waals surface area contributed by atoms with E-state index in [0.29, 0.717) is 24.3 Å². The molecule has 0 fully saturated rings. The van der Waals surface area contributed by atoms with E-state index in [1.54, 1.807) is 0 Å². The molecule has 0 unspecified atom stereocenters. The lowest BCUT2D eigenvalue weighted by molar-refractivity contribution is -0.140. The van der Waals surface area contributed by atoms with Gasteiger partial charge in [0.15, 0.2) is 5.82 Å². The van der Waals surface area contributed by atoms with Gasteiger partial charge in [0.25, 0.3) is 10.0 Å². The van der Waals surface area contributed by atoms with Crippen molar-refractivity contribution in [1.29, 1.82) is 0 Å². The number of ether oxygens (including phenoxy) is 1. The minimum absolute atomic E-state index is 0.0822. The van der Waals surface area contributed by atoms with Crippen LogP contribution < -0.4 is 9.04 Å². The smallest absolute Gasteiger partial charge is 0.427 e. The fraction of sp³-hybridized carbons (Fsp3) is 0.0476. The number of hydrogen-bond donors (Lipinski definition) is 1. The summed E-state index contributed by atoms with van der Waals surface area (Å²) < 4.78 is 101. The van der Waals surface area contributed by atoms with Gasteiger partial charge in [0.05, 0.1) is 28.5 Å². The monoisotopic (exact) mass is 592 g/mol. The minimum atomic E-state index is -5.12. The van der Waals surface area contributed by atoms with Gasteiger partial charge in [-0.3, -0.25) is 0 Å². The number of carboxylic acid groups (broad SMARTS) is 1. The molecule has 4 aromatic rings. The van der Waals surface area contributed by atoms with Gasteiger partial charge < -0.3 is 9.84 Å². The summed E-state index contributed by atoms with van der Waals surface area (Å²) in [5, 5.41) is 17.0. The molecule has 2 aromatic carbocycles. The highest BCUT2D eigenvalue weighted by molar-refractivity contribution is 7.93. The maximum absolute atomic E-state index is 15.0. The molecular weight excluding hydrogens is 583 g/mol. The van der Waals surface area contributed by atoms with Crippen molar-refractivity contribution in [2.24, 2.45) is 0 Å². The Hall–Kier alpha value is -3.89. The number of anilines is 1. The van der Waals surface area contributed by atoms with E-state index in [2.05, 4.69) is 15.2 Å². The van der Waals surface area contributed by atoms with Gasteiger partial charge in [0.1, 0.15) is 28.0 Å². The molecule has 0 aliphatic rings. The summed E-state index contributed by atoms with van der Waals surface area (Å²) in [6.45, 7) is 0. The van der Waals surface area contributed by atoms with Crippen molar-refractivity contribution >= 4 is 44.9 Å². The van der Waals surface area contributed by atoms with Gasteiger partial charge in [-0.15, -0.1) is 15.6 Å². The Morgan fingerprint density at radius 1 is 1.08 bits per heavy atom. The van der Waals surface area contributed by atoms with E-state index in [1.165, 1.54) is 12.3 Å². The summed E-state index contributed by atoms with van der Waals surface area (Å²) in [5.41, 5.74) is -0.707. The first-order chi connectivity index (χ1) is 17.8. The zero-order valence-electron chi connectivity index (χ0n) is 18.1. The number of amides is 1. The van der Waals surface area contributed by atoms with Gasteiger partial charge in [0.2, 0.25) is 0 Å². The van der Waals surface area contributed by atoms with Crippen molar-refractivity contribution in [3.05, 3.63) is 75.8 Å². The lowest BCUT2D eigenvalue weighted by Gasteiger charge is -2.19. The van der Waals surface area contributed by atoms with Crippen LogP contribution in [-0.2, 0) is 16.2 Å². The van der Waals surface area contributed by atoms with Gasteiger partial charge in [-0.1, -0.05) is 11.6 Å². The van der Waals surface area contributed by atoms with Gasteiger partial charge >= 0.3 is 12.3 Å². The van der Waals surface area contributed by atoms with Crippen LogP contribution in [0.4, 0.5) is 32.6 Å². The average Bonchev–Trinajstić information content (AvgIpc) is 3.35. The number of alkyl halides is 3. The first kappa shape index (κ1) is 27.2. The molecule has 4 rings (SSSR count). The summed E-state index contributed by atoms with van der Waals surface area (Å²) in [7, 11) is -5.10. The van der Waals surface area contributed by atoms with Gasteiger partial charge in [0, 0.05) is 22.6 Å². The van der Waals surface area contributed by atoms with Gasteiger partial charge in [-0.25, -0.2) is 27.0 Å². The van der Waals surface area contributed by atoms with Gasteiger partial charge in [-0.2, -0.15) is 23.4 Å². The Bertz CT molecular complexity index is 1620. The lowest BCUT2D eigenvalue weighted by atomic mass is 10.0. The van der Waals surface area contributed by atoms with E-state index < -0.39 is 66.7 Å². The molecule has 17 heteroatoms. The van der Waals surface area contributed by atoms with Crippen molar-refractivity contribution in [1.82, 2.24) is 15.2 Å². The second-order valence-electron chi connectivity index (χ2n) is 7.17. The summed E-state index contributed by atoms with van der Waals surface area (Å²) in [4.78, 5) is 14.1. The highest BCUT2D eigenvalue weighted by atomic mass is 35.5. The Morgan fingerprint density at radius 2 is 1.82 bits per heavy atom. The van der Waals surface area contributed by atoms with E-state index in [1.807, 2.05) is 0 Å². The fourth-order valence-electron chi connectivity index (χ4n) is 3.16. The van der Waals surface area contributed by atoms with Crippen molar-refractivity contribution in [2.45, 2.75) is 11.1 Å². The van der Waals surface area contributed by atoms with Crippen LogP contribution in [0.15, 0.2) is 58.5 Å². The van der Waals surface area contributed by atoms with Crippen molar-refractivity contribution in [3.8, 4) is 22.6 Å². The molecule has 0 atom stereocenters. The standard InChI is InChI=1S/C21H10ClF5N4O5S2/c22-13-5-18(38(34,35)31(20(32)33)19-8-37-9-28-19)15(24)6-17(13)36-16-4-12(21(25,26)27)14(23)3-11(16)10-1-2-29-30-7-10/h1-9H,(H,32,33). The van der Waals surface area contributed by atoms with E-state index in [9.17, 15) is 35.9 Å². The van der Waals surface area contributed by atoms with Crippen LogP contribution in [0.2, 0.25) is 5.02 Å². The number of halogens is 6. The van der Waals surface area contributed by atoms with E-state index in [4.69, 9.17) is 16.3 Å². The number of benzene rings is 2. The largest absolute Gasteiger partial charge is 0.464 e. The third-order valence-electron chi connectivity index (χ3n) is 4.80. The normalized spacial score (nSPS) is 11.8. The molecule has 2 heterocycles. The highest BCUT2D eigenvalue weighted by Crippen LogP contribution is 2.42. The van der Waals surface area contributed by atoms with Crippen LogP contribution >= 0.6 is 22.9 Å². The van der Waals surface area contributed by atoms with Crippen molar-refractivity contribution in [2.75, 3.05) is 4.31 Å². The molecule has 0 bridgehead atoms. The maximum Gasteiger partial charge on any atom is 0.427 e. The minimum Gasteiger partial charge on any atom is -0.464 e. The van der Waals surface area contributed by atoms with Gasteiger partial charge in [-0.05, 0) is 24.3 Å². The molecule has 198 valence electrons.